The molecule has 0 radical (unpaired) electrons. The maximum Gasteiger partial charge on any atom is 0.352 e. The van der Waals surface area contributed by atoms with Crippen LogP contribution in [0.25, 0.3) is 0 Å². The van der Waals surface area contributed by atoms with Gasteiger partial charge in [0.25, 0.3) is 0 Å². The normalized spacial score (nSPS) is 15.6. The molecule has 2 heterocycles. The Labute approximate surface area is 149 Å². The lowest BCUT2D eigenvalue weighted by Gasteiger charge is -2.22. The standard InChI is InChI=1S/C19H16N4O3/c1-12-20-19-21-16(18(24)25)11-17(23(19)22-12)13-6-5-9-15(10-13)26-14-7-3-2-4-8-14/h2-11,17H,1H3,(H,24,25)(H,20,21,22)/t17-/m1/s1. The summed E-state index contributed by atoms with van der Waals surface area (Å²) in [6, 6.07) is 16.6. The van der Waals surface area contributed by atoms with Gasteiger partial charge in [-0.05, 0) is 42.8 Å². The van der Waals surface area contributed by atoms with Gasteiger partial charge >= 0.3 is 5.97 Å². The Morgan fingerprint density at radius 2 is 1.92 bits per heavy atom. The van der Waals surface area contributed by atoms with Crippen LogP contribution in [0, 0.1) is 6.92 Å². The summed E-state index contributed by atoms with van der Waals surface area (Å²) >= 11 is 0. The molecule has 0 bridgehead atoms. The Bertz CT molecular complexity index is 995. The van der Waals surface area contributed by atoms with E-state index in [1.54, 1.807) is 17.7 Å². The minimum atomic E-state index is -1.04. The van der Waals surface area contributed by atoms with E-state index in [-0.39, 0.29) is 5.70 Å². The first-order chi connectivity index (χ1) is 12.6. The van der Waals surface area contributed by atoms with Crippen LogP contribution in [-0.2, 0) is 4.79 Å². The number of allylic oxidation sites excluding steroid dienone is 1. The van der Waals surface area contributed by atoms with Crippen molar-refractivity contribution in [1.82, 2.24) is 14.8 Å². The number of aryl methyl sites for hydroxylation is 1. The second kappa shape index (κ2) is 6.36. The van der Waals surface area contributed by atoms with Crippen molar-refractivity contribution >= 4 is 11.9 Å². The Hall–Kier alpha value is -3.61. The van der Waals surface area contributed by atoms with Gasteiger partial charge in [0, 0.05) is 0 Å². The average molecular weight is 348 g/mol. The fourth-order valence-corrected chi connectivity index (χ4v) is 2.85. The van der Waals surface area contributed by atoms with Crippen LogP contribution in [0.2, 0.25) is 0 Å². The molecule has 2 aromatic carbocycles. The van der Waals surface area contributed by atoms with Crippen molar-refractivity contribution in [3.8, 4) is 11.5 Å². The zero-order valence-electron chi connectivity index (χ0n) is 14.0. The summed E-state index contributed by atoms with van der Waals surface area (Å²) in [6.45, 7) is 1.76. The fourth-order valence-electron chi connectivity index (χ4n) is 2.85. The van der Waals surface area contributed by atoms with Crippen molar-refractivity contribution in [3.05, 3.63) is 77.8 Å². The van der Waals surface area contributed by atoms with Gasteiger partial charge in [0.2, 0.25) is 5.95 Å². The lowest BCUT2D eigenvalue weighted by Crippen LogP contribution is -2.24. The number of benzene rings is 2. The van der Waals surface area contributed by atoms with Gasteiger partial charge in [0.05, 0.1) is 0 Å². The third-order valence-corrected chi connectivity index (χ3v) is 3.98. The summed E-state index contributed by atoms with van der Waals surface area (Å²) in [5.74, 6) is 1.32. The molecule has 0 aliphatic carbocycles. The molecule has 0 amide bonds. The van der Waals surface area contributed by atoms with E-state index in [0.717, 1.165) is 11.3 Å². The van der Waals surface area contributed by atoms with Crippen LogP contribution in [-0.4, -0.2) is 25.8 Å². The van der Waals surface area contributed by atoms with E-state index >= 15 is 0 Å². The number of nitrogens with one attached hydrogen (secondary N) is 1. The summed E-state index contributed by atoms with van der Waals surface area (Å²) in [7, 11) is 0. The van der Waals surface area contributed by atoms with Crippen LogP contribution in [0.3, 0.4) is 0 Å². The number of hydrogen-bond acceptors (Lipinski definition) is 5. The number of fused-ring (bicyclic) bond motifs is 1. The second-order valence-electron chi connectivity index (χ2n) is 5.87. The Balaban J connectivity index is 1.72. The van der Waals surface area contributed by atoms with Crippen molar-refractivity contribution in [1.29, 1.82) is 0 Å². The van der Waals surface area contributed by atoms with Crippen molar-refractivity contribution in [2.24, 2.45) is 0 Å². The minimum absolute atomic E-state index is 0.0734. The number of anilines is 1. The monoisotopic (exact) mass is 348 g/mol. The molecule has 1 aliphatic rings. The van der Waals surface area contributed by atoms with Gasteiger partial charge in [-0.25, -0.2) is 9.48 Å². The topological polar surface area (TPSA) is 89.3 Å². The van der Waals surface area contributed by atoms with E-state index < -0.39 is 12.0 Å². The first-order valence-corrected chi connectivity index (χ1v) is 8.08. The average Bonchev–Trinajstić information content (AvgIpc) is 3.02. The quantitative estimate of drug-likeness (QED) is 0.751. The Morgan fingerprint density at radius 1 is 1.15 bits per heavy atom. The number of carboxylic acid groups (broad SMARTS) is 1. The molecule has 1 atom stereocenters. The number of carbonyl (C=O) groups is 1. The predicted molar refractivity (Wildman–Crippen MR) is 95.2 cm³/mol. The maximum absolute atomic E-state index is 11.4. The van der Waals surface area contributed by atoms with Gasteiger partial charge in [-0.3, -0.25) is 0 Å². The van der Waals surface area contributed by atoms with Crippen molar-refractivity contribution in [2.75, 3.05) is 5.32 Å². The second-order valence-corrected chi connectivity index (χ2v) is 5.87. The highest BCUT2D eigenvalue weighted by Gasteiger charge is 2.26. The molecule has 4 rings (SSSR count). The number of para-hydroxylation sites is 1. The maximum atomic E-state index is 11.4. The number of ether oxygens (including phenoxy) is 1. The van der Waals surface area contributed by atoms with E-state index in [1.165, 1.54) is 0 Å². The molecule has 130 valence electrons. The van der Waals surface area contributed by atoms with Crippen molar-refractivity contribution < 1.29 is 14.6 Å². The number of rotatable bonds is 4. The molecule has 7 nitrogen and oxygen atoms in total. The largest absolute Gasteiger partial charge is 0.477 e. The van der Waals surface area contributed by atoms with Crippen LogP contribution in [0.5, 0.6) is 11.5 Å². The molecular weight excluding hydrogens is 332 g/mol. The molecule has 3 aromatic rings. The van der Waals surface area contributed by atoms with Crippen molar-refractivity contribution in [3.63, 3.8) is 0 Å². The van der Waals surface area contributed by atoms with Gasteiger partial charge < -0.3 is 15.2 Å². The predicted octanol–water partition coefficient (Wildman–Crippen LogP) is 3.36. The molecule has 1 aromatic heterocycles. The fraction of sp³-hybridized carbons (Fsp3) is 0.105. The molecule has 26 heavy (non-hydrogen) atoms. The number of nitrogens with zero attached hydrogens (tertiary/aromatic N) is 3. The highest BCUT2D eigenvalue weighted by Crippen LogP contribution is 2.31. The Kier molecular flexibility index (Phi) is 3.89. The number of aliphatic carboxylic acids is 1. The highest BCUT2D eigenvalue weighted by atomic mass is 16.5. The lowest BCUT2D eigenvalue weighted by atomic mass is 10.0. The van der Waals surface area contributed by atoms with Crippen LogP contribution >= 0.6 is 0 Å². The molecule has 2 N–H and O–H groups in total. The molecule has 0 spiro atoms. The molecular formula is C19H16N4O3. The molecule has 0 fully saturated rings. The third-order valence-electron chi connectivity index (χ3n) is 3.98. The van der Waals surface area contributed by atoms with Crippen LogP contribution in [0.4, 0.5) is 5.95 Å². The summed E-state index contributed by atoms with van der Waals surface area (Å²) in [5.41, 5.74) is 0.925. The zero-order chi connectivity index (χ0) is 18.1. The smallest absolute Gasteiger partial charge is 0.352 e. The molecule has 7 heteroatoms. The number of aromatic nitrogens is 3. The molecule has 1 aliphatic heterocycles. The summed E-state index contributed by atoms with van der Waals surface area (Å²) in [4.78, 5) is 15.7. The number of carboxylic acids is 1. The first-order valence-electron chi connectivity index (χ1n) is 8.08. The van der Waals surface area contributed by atoms with E-state index in [0.29, 0.717) is 17.5 Å². The van der Waals surface area contributed by atoms with Gasteiger partial charge in [-0.15, -0.1) is 0 Å². The highest BCUT2D eigenvalue weighted by molar-refractivity contribution is 5.90. The number of hydrogen-bond donors (Lipinski definition) is 2. The minimum Gasteiger partial charge on any atom is -0.477 e. The summed E-state index contributed by atoms with van der Waals surface area (Å²) in [6.07, 6.45) is 1.62. The van der Waals surface area contributed by atoms with E-state index in [9.17, 15) is 9.90 Å². The van der Waals surface area contributed by atoms with Crippen LogP contribution < -0.4 is 10.1 Å². The van der Waals surface area contributed by atoms with Crippen LogP contribution in [0.15, 0.2) is 66.4 Å². The lowest BCUT2D eigenvalue weighted by molar-refractivity contribution is -0.132. The van der Waals surface area contributed by atoms with E-state index in [4.69, 9.17) is 4.74 Å². The first kappa shape index (κ1) is 15.9. The van der Waals surface area contributed by atoms with Gasteiger partial charge in [0.1, 0.15) is 29.1 Å². The summed E-state index contributed by atoms with van der Waals surface area (Å²) in [5, 5.41) is 16.5. The summed E-state index contributed by atoms with van der Waals surface area (Å²) < 4.78 is 7.55. The van der Waals surface area contributed by atoms with E-state index in [1.807, 2.05) is 54.6 Å². The molecule has 0 saturated carbocycles. The van der Waals surface area contributed by atoms with Crippen LogP contribution in [0.1, 0.15) is 17.4 Å². The SMILES string of the molecule is Cc1nc2n(n1)[C@@H](c1cccc(Oc3ccccc3)c1)C=C(C(=O)O)N2. The van der Waals surface area contributed by atoms with E-state index in [2.05, 4.69) is 15.4 Å². The van der Waals surface area contributed by atoms with Crippen molar-refractivity contribution in [2.45, 2.75) is 13.0 Å². The third kappa shape index (κ3) is 3.02. The molecule has 0 saturated heterocycles. The molecule has 0 unspecified atom stereocenters. The van der Waals surface area contributed by atoms with Gasteiger partial charge in [-0.1, -0.05) is 30.3 Å². The van der Waals surface area contributed by atoms with Gasteiger partial charge in [-0.2, -0.15) is 10.1 Å². The Morgan fingerprint density at radius 3 is 2.69 bits per heavy atom. The van der Waals surface area contributed by atoms with Gasteiger partial charge in [0.15, 0.2) is 0 Å². The zero-order valence-corrected chi connectivity index (χ0v) is 14.0.